The minimum atomic E-state index is 0.0807. The molecule has 0 saturated carbocycles. The average molecular weight is 342 g/mol. The number of rotatable bonds is 0. The van der Waals surface area contributed by atoms with Crippen LogP contribution in [0.1, 0.15) is 42.3 Å². The number of fused-ring (bicyclic) bond motifs is 2. The largest absolute Gasteiger partial charge is 0.296 e. The third kappa shape index (κ3) is 3.28. The molecule has 0 aliphatic carbocycles. The Morgan fingerprint density at radius 1 is 1.04 bits per heavy atom. The van der Waals surface area contributed by atoms with Crippen molar-refractivity contribution in [1.29, 1.82) is 0 Å². The fourth-order valence-electron chi connectivity index (χ4n) is 3.42. The van der Waals surface area contributed by atoms with Crippen molar-refractivity contribution in [1.82, 2.24) is 9.55 Å². The molecule has 1 unspecified atom stereocenters. The van der Waals surface area contributed by atoms with Gasteiger partial charge in [-0.05, 0) is 56.0 Å². The van der Waals surface area contributed by atoms with Crippen molar-refractivity contribution in [3.05, 3.63) is 75.3 Å². The second-order valence-corrected chi connectivity index (χ2v) is 7.27. The smallest absolute Gasteiger partial charge is 0.261 e. The Bertz CT molecular complexity index is 1080. The highest BCUT2D eigenvalue weighted by atomic mass is 16.1. The molecule has 0 spiro atoms. The van der Waals surface area contributed by atoms with Crippen molar-refractivity contribution in [3.8, 4) is 11.8 Å². The van der Waals surface area contributed by atoms with Crippen LogP contribution in [0.15, 0.2) is 47.3 Å². The van der Waals surface area contributed by atoms with Crippen LogP contribution < -0.4 is 5.56 Å². The maximum absolute atomic E-state index is 12.8. The fraction of sp³-hybridized carbons (Fsp3) is 0.304. The number of nitrogens with zero attached hydrogens (tertiary/aromatic N) is 2. The average Bonchev–Trinajstić information content (AvgIpc) is 2.83. The van der Waals surface area contributed by atoms with E-state index < -0.39 is 0 Å². The summed E-state index contributed by atoms with van der Waals surface area (Å²) < 4.78 is 1.86. The molecule has 3 nitrogen and oxygen atoms in total. The monoisotopic (exact) mass is 342 g/mol. The summed E-state index contributed by atoms with van der Waals surface area (Å²) in [5.41, 5.74) is 3.93. The Kier molecular flexibility index (Phi) is 4.34. The van der Waals surface area contributed by atoms with Crippen molar-refractivity contribution < 1.29 is 0 Å². The van der Waals surface area contributed by atoms with E-state index in [1.54, 1.807) is 0 Å². The highest BCUT2D eigenvalue weighted by molar-refractivity contribution is 5.79. The van der Waals surface area contributed by atoms with E-state index >= 15 is 0 Å². The second kappa shape index (κ2) is 6.80. The first-order valence-electron chi connectivity index (χ1n) is 9.22. The molecule has 2 heterocycles. The van der Waals surface area contributed by atoms with E-state index in [2.05, 4.69) is 37.8 Å². The zero-order valence-electron chi connectivity index (χ0n) is 15.2. The van der Waals surface area contributed by atoms with Gasteiger partial charge in [0.05, 0.1) is 10.9 Å². The Morgan fingerprint density at radius 2 is 1.77 bits per heavy atom. The molecule has 2 aromatic carbocycles. The van der Waals surface area contributed by atoms with Gasteiger partial charge in [-0.3, -0.25) is 9.36 Å². The summed E-state index contributed by atoms with van der Waals surface area (Å²) in [4.78, 5) is 17.6. The number of aryl methyl sites for hydroxylation is 2. The topological polar surface area (TPSA) is 34.9 Å². The summed E-state index contributed by atoms with van der Waals surface area (Å²) in [5, 5.41) is 0.684. The van der Waals surface area contributed by atoms with E-state index in [9.17, 15) is 4.79 Å². The van der Waals surface area contributed by atoms with Gasteiger partial charge < -0.3 is 0 Å². The molecule has 0 N–H and O–H groups in total. The fourth-order valence-corrected chi connectivity index (χ4v) is 3.42. The molecule has 1 aromatic heterocycles. The summed E-state index contributed by atoms with van der Waals surface area (Å²) in [6.45, 7) is 5.08. The summed E-state index contributed by atoms with van der Waals surface area (Å²) in [5.74, 6) is 7.92. The molecule has 130 valence electrons. The Labute approximate surface area is 153 Å². The molecule has 0 bridgehead atoms. The first kappa shape index (κ1) is 16.6. The SMILES string of the molecule is Cc1ccc(C#Cc2ccc3c(=O)n4c(nc3c2)CCC(C)CC4)cc1. The van der Waals surface area contributed by atoms with Crippen molar-refractivity contribution in [2.24, 2.45) is 5.92 Å². The molecule has 1 aliphatic heterocycles. The number of benzene rings is 2. The molecule has 1 atom stereocenters. The van der Waals surface area contributed by atoms with Gasteiger partial charge in [0.15, 0.2) is 0 Å². The van der Waals surface area contributed by atoms with E-state index in [0.29, 0.717) is 11.3 Å². The summed E-state index contributed by atoms with van der Waals surface area (Å²) in [6, 6.07) is 13.9. The maximum atomic E-state index is 12.8. The van der Waals surface area contributed by atoms with Crippen LogP contribution in [-0.2, 0) is 13.0 Å². The summed E-state index contributed by atoms with van der Waals surface area (Å²) >= 11 is 0. The highest BCUT2D eigenvalue weighted by Gasteiger charge is 2.16. The van der Waals surface area contributed by atoms with Crippen molar-refractivity contribution in [3.63, 3.8) is 0 Å². The molecule has 3 heteroatoms. The molecule has 4 rings (SSSR count). The van der Waals surface area contributed by atoms with Crippen LogP contribution in [0.3, 0.4) is 0 Å². The maximum Gasteiger partial charge on any atom is 0.261 e. The Morgan fingerprint density at radius 3 is 2.58 bits per heavy atom. The minimum absolute atomic E-state index is 0.0807. The lowest BCUT2D eigenvalue weighted by atomic mass is 10.0. The van der Waals surface area contributed by atoms with Gasteiger partial charge in [0.2, 0.25) is 0 Å². The molecule has 0 amide bonds. The number of hydrogen-bond acceptors (Lipinski definition) is 2. The molecule has 0 radical (unpaired) electrons. The standard InChI is InChI=1S/C23H22N2O/c1-16-3-6-18(7-4-16)8-9-19-10-11-20-21(15-19)24-22-12-5-17(2)13-14-25(22)23(20)26/h3-4,6-7,10-11,15,17H,5,12-14H2,1-2H3. The third-order valence-electron chi connectivity index (χ3n) is 5.14. The lowest BCUT2D eigenvalue weighted by Gasteiger charge is -2.10. The predicted molar refractivity (Wildman–Crippen MR) is 105 cm³/mol. The molecule has 0 fully saturated rings. The number of hydrogen-bond donors (Lipinski definition) is 0. The van der Waals surface area contributed by atoms with Gasteiger partial charge in [-0.2, -0.15) is 0 Å². The molecule has 3 aromatic rings. The molecule has 1 aliphatic rings. The van der Waals surface area contributed by atoms with E-state index in [1.807, 2.05) is 34.9 Å². The second-order valence-electron chi connectivity index (χ2n) is 7.27. The molecular weight excluding hydrogens is 320 g/mol. The minimum Gasteiger partial charge on any atom is -0.296 e. The van der Waals surface area contributed by atoms with Crippen LogP contribution in [0.25, 0.3) is 10.9 Å². The lowest BCUT2D eigenvalue weighted by Crippen LogP contribution is -2.24. The van der Waals surface area contributed by atoms with E-state index in [0.717, 1.165) is 48.3 Å². The highest BCUT2D eigenvalue weighted by Crippen LogP contribution is 2.19. The van der Waals surface area contributed by atoms with Gasteiger partial charge in [0, 0.05) is 24.1 Å². The van der Waals surface area contributed by atoms with Crippen LogP contribution in [0.2, 0.25) is 0 Å². The third-order valence-corrected chi connectivity index (χ3v) is 5.14. The van der Waals surface area contributed by atoms with Crippen LogP contribution in [0.5, 0.6) is 0 Å². The Hall–Kier alpha value is -2.86. The van der Waals surface area contributed by atoms with Crippen LogP contribution >= 0.6 is 0 Å². The van der Waals surface area contributed by atoms with Gasteiger partial charge in [0.1, 0.15) is 5.82 Å². The first-order chi connectivity index (χ1) is 12.6. The molecule has 0 saturated heterocycles. The van der Waals surface area contributed by atoms with E-state index in [4.69, 9.17) is 4.98 Å². The summed E-state index contributed by atoms with van der Waals surface area (Å²) in [6.07, 6.45) is 3.00. The first-order valence-corrected chi connectivity index (χ1v) is 9.22. The van der Waals surface area contributed by atoms with Crippen LogP contribution in [-0.4, -0.2) is 9.55 Å². The van der Waals surface area contributed by atoms with Gasteiger partial charge in [-0.25, -0.2) is 4.98 Å². The normalized spacial score (nSPS) is 16.5. The van der Waals surface area contributed by atoms with Crippen molar-refractivity contribution in [2.75, 3.05) is 0 Å². The Balaban J connectivity index is 1.74. The van der Waals surface area contributed by atoms with Gasteiger partial charge in [0.25, 0.3) is 5.56 Å². The van der Waals surface area contributed by atoms with Crippen molar-refractivity contribution in [2.45, 2.75) is 39.7 Å². The molecule has 26 heavy (non-hydrogen) atoms. The van der Waals surface area contributed by atoms with Crippen molar-refractivity contribution >= 4 is 10.9 Å². The van der Waals surface area contributed by atoms with Gasteiger partial charge in [-0.1, -0.05) is 36.5 Å². The van der Waals surface area contributed by atoms with E-state index in [-0.39, 0.29) is 5.56 Å². The van der Waals surface area contributed by atoms with Crippen LogP contribution in [0.4, 0.5) is 0 Å². The van der Waals surface area contributed by atoms with Crippen LogP contribution in [0, 0.1) is 24.7 Å². The zero-order valence-corrected chi connectivity index (χ0v) is 15.2. The zero-order chi connectivity index (χ0) is 18.1. The quantitative estimate of drug-likeness (QED) is 0.577. The van der Waals surface area contributed by atoms with Gasteiger partial charge >= 0.3 is 0 Å². The number of aromatic nitrogens is 2. The summed E-state index contributed by atoms with van der Waals surface area (Å²) in [7, 11) is 0. The van der Waals surface area contributed by atoms with Gasteiger partial charge in [-0.15, -0.1) is 0 Å². The predicted octanol–water partition coefficient (Wildman–Crippen LogP) is 4.08. The van der Waals surface area contributed by atoms with E-state index in [1.165, 1.54) is 5.56 Å². The molecular formula is C23H22N2O. The lowest BCUT2D eigenvalue weighted by molar-refractivity contribution is 0.484.